The molecule has 5 nitrogen and oxygen atoms in total. The van der Waals surface area contributed by atoms with Gasteiger partial charge in [0.2, 0.25) is 0 Å². The SMILES string of the molecule is CSC1CN(C(=O)c2csc(-c3ccccn3)n2)CC1N1CCCC1. The number of thioether (sulfide) groups is 1. The maximum Gasteiger partial charge on any atom is 0.273 e. The van der Waals surface area contributed by atoms with Crippen LogP contribution >= 0.6 is 23.1 Å². The summed E-state index contributed by atoms with van der Waals surface area (Å²) in [5.74, 6) is 0.0548. The first-order valence-corrected chi connectivity index (χ1v) is 10.9. The van der Waals surface area contributed by atoms with Crippen LogP contribution in [0.2, 0.25) is 0 Å². The Kier molecular flexibility index (Phi) is 5.05. The molecule has 2 unspecified atom stereocenters. The van der Waals surface area contributed by atoms with E-state index in [1.807, 2.05) is 40.2 Å². The molecular weight excluding hydrogens is 352 g/mol. The Hall–Kier alpha value is -1.44. The van der Waals surface area contributed by atoms with Crippen LogP contribution in [0, 0.1) is 0 Å². The lowest BCUT2D eigenvalue weighted by molar-refractivity contribution is 0.0775. The number of aromatic nitrogens is 2. The fourth-order valence-electron chi connectivity index (χ4n) is 3.72. The molecule has 2 saturated heterocycles. The second kappa shape index (κ2) is 7.43. The number of carbonyl (C=O) groups is 1. The Balaban J connectivity index is 1.49. The second-order valence-corrected chi connectivity index (χ2v) is 8.48. The van der Waals surface area contributed by atoms with Crippen LogP contribution < -0.4 is 0 Å². The molecule has 132 valence electrons. The van der Waals surface area contributed by atoms with Crippen LogP contribution in [-0.4, -0.2) is 69.4 Å². The van der Waals surface area contributed by atoms with Crippen molar-refractivity contribution >= 4 is 29.0 Å². The average Bonchev–Trinajstić information content (AvgIpc) is 3.41. The fourth-order valence-corrected chi connectivity index (χ4v) is 5.39. The van der Waals surface area contributed by atoms with Gasteiger partial charge in [-0.25, -0.2) is 4.98 Å². The third-order valence-electron chi connectivity index (χ3n) is 5.04. The van der Waals surface area contributed by atoms with Gasteiger partial charge in [0.25, 0.3) is 5.91 Å². The lowest BCUT2D eigenvalue weighted by atomic mass is 10.2. The van der Waals surface area contributed by atoms with Crippen molar-refractivity contribution < 1.29 is 4.79 Å². The molecule has 0 aliphatic carbocycles. The minimum Gasteiger partial charge on any atom is -0.334 e. The molecule has 0 N–H and O–H groups in total. The predicted octanol–water partition coefficient (Wildman–Crippen LogP) is 2.86. The molecule has 0 aromatic carbocycles. The van der Waals surface area contributed by atoms with Crippen LogP contribution in [0.1, 0.15) is 23.3 Å². The Morgan fingerprint density at radius 1 is 1.28 bits per heavy atom. The van der Waals surface area contributed by atoms with Crippen LogP contribution in [-0.2, 0) is 0 Å². The molecule has 0 bridgehead atoms. The van der Waals surface area contributed by atoms with Crippen molar-refractivity contribution in [2.24, 2.45) is 0 Å². The zero-order chi connectivity index (χ0) is 17.2. The maximum atomic E-state index is 12.9. The van der Waals surface area contributed by atoms with Crippen molar-refractivity contribution in [1.82, 2.24) is 19.8 Å². The molecule has 1 amide bonds. The van der Waals surface area contributed by atoms with Gasteiger partial charge in [-0.05, 0) is 44.3 Å². The quantitative estimate of drug-likeness (QED) is 0.824. The molecule has 0 saturated carbocycles. The molecule has 4 rings (SSSR count). The highest BCUT2D eigenvalue weighted by Gasteiger charge is 2.39. The molecule has 0 spiro atoms. The molecular formula is C18H22N4OS2. The Morgan fingerprint density at radius 2 is 2.12 bits per heavy atom. The first-order chi connectivity index (χ1) is 12.3. The minimum absolute atomic E-state index is 0.0548. The number of thiazole rings is 1. The summed E-state index contributed by atoms with van der Waals surface area (Å²) in [6, 6.07) is 6.23. The molecule has 4 heterocycles. The van der Waals surface area contributed by atoms with Gasteiger partial charge in [0, 0.05) is 36.0 Å². The highest BCUT2D eigenvalue weighted by Crippen LogP contribution is 2.29. The Bertz CT molecular complexity index is 730. The van der Waals surface area contributed by atoms with Crippen molar-refractivity contribution in [3.63, 3.8) is 0 Å². The van der Waals surface area contributed by atoms with Gasteiger partial charge in [0.15, 0.2) is 0 Å². The lowest BCUT2D eigenvalue weighted by Crippen LogP contribution is -2.40. The van der Waals surface area contributed by atoms with Gasteiger partial charge in [-0.15, -0.1) is 11.3 Å². The van der Waals surface area contributed by atoms with Gasteiger partial charge in [-0.2, -0.15) is 11.8 Å². The second-order valence-electron chi connectivity index (χ2n) is 6.55. The number of rotatable bonds is 4. The van der Waals surface area contributed by atoms with E-state index >= 15 is 0 Å². The molecule has 0 radical (unpaired) electrons. The van der Waals surface area contributed by atoms with E-state index in [4.69, 9.17) is 0 Å². The van der Waals surface area contributed by atoms with Crippen LogP contribution in [0.5, 0.6) is 0 Å². The number of carbonyl (C=O) groups excluding carboxylic acids is 1. The Labute approximate surface area is 156 Å². The highest BCUT2D eigenvalue weighted by molar-refractivity contribution is 7.99. The standard InChI is InChI=1S/C18H22N4OS2/c1-24-16-11-22(10-15(16)21-8-4-5-9-21)18(23)14-12-25-17(20-14)13-6-2-3-7-19-13/h2-3,6-7,12,15-16H,4-5,8-11H2,1H3. The van der Waals surface area contributed by atoms with Crippen molar-refractivity contribution in [3.8, 4) is 10.7 Å². The van der Waals surface area contributed by atoms with E-state index < -0.39 is 0 Å². The summed E-state index contributed by atoms with van der Waals surface area (Å²) in [5.41, 5.74) is 1.37. The zero-order valence-corrected chi connectivity index (χ0v) is 15.9. The largest absolute Gasteiger partial charge is 0.334 e. The molecule has 7 heteroatoms. The van der Waals surface area contributed by atoms with Crippen LogP contribution in [0.25, 0.3) is 10.7 Å². The topological polar surface area (TPSA) is 49.3 Å². The van der Waals surface area contributed by atoms with E-state index in [0.29, 0.717) is 17.0 Å². The predicted molar refractivity (Wildman–Crippen MR) is 103 cm³/mol. The van der Waals surface area contributed by atoms with Gasteiger partial charge < -0.3 is 4.90 Å². The van der Waals surface area contributed by atoms with Crippen LogP contribution in [0.15, 0.2) is 29.8 Å². The molecule has 2 aliphatic rings. The van der Waals surface area contributed by atoms with Crippen molar-refractivity contribution in [1.29, 1.82) is 0 Å². The van der Waals surface area contributed by atoms with E-state index in [2.05, 4.69) is 21.1 Å². The molecule has 2 aromatic rings. The summed E-state index contributed by atoms with van der Waals surface area (Å²) in [4.78, 5) is 26.4. The van der Waals surface area contributed by atoms with Gasteiger partial charge in [-0.1, -0.05) is 6.07 Å². The molecule has 25 heavy (non-hydrogen) atoms. The molecule has 2 atom stereocenters. The zero-order valence-electron chi connectivity index (χ0n) is 14.3. The van der Waals surface area contributed by atoms with Crippen molar-refractivity contribution in [2.45, 2.75) is 24.1 Å². The smallest absolute Gasteiger partial charge is 0.273 e. The van der Waals surface area contributed by atoms with E-state index in [1.54, 1.807) is 6.20 Å². The maximum absolute atomic E-state index is 12.9. The first-order valence-electron chi connectivity index (χ1n) is 8.69. The first kappa shape index (κ1) is 17.0. The summed E-state index contributed by atoms with van der Waals surface area (Å²) >= 11 is 3.37. The number of hydrogen-bond donors (Lipinski definition) is 0. The van der Waals surface area contributed by atoms with Crippen molar-refractivity contribution in [2.75, 3.05) is 32.4 Å². The van der Waals surface area contributed by atoms with Gasteiger partial charge in [0.1, 0.15) is 10.7 Å². The monoisotopic (exact) mass is 374 g/mol. The number of pyridine rings is 1. The van der Waals surface area contributed by atoms with Gasteiger partial charge in [0.05, 0.1) is 5.69 Å². The fraction of sp³-hybridized carbons (Fsp3) is 0.500. The number of amides is 1. The van der Waals surface area contributed by atoms with Gasteiger partial charge in [-0.3, -0.25) is 14.7 Å². The number of nitrogens with zero attached hydrogens (tertiary/aromatic N) is 4. The van der Waals surface area contributed by atoms with E-state index in [-0.39, 0.29) is 5.91 Å². The third kappa shape index (κ3) is 3.45. The molecule has 2 aromatic heterocycles. The molecule has 2 fully saturated rings. The summed E-state index contributed by atoms with van der Waals surface area (Å²) in [6.45, 7) is 3.98. The van der Waals surface area contributed by atoms with Crippen LogP contribution in [0.3, 0.4) is 0 Å². The highest BCUT2D eigenvalue weighted by atomic mass is 32.2. The van der Waals surface area contributed by atoms with E-state index in [9.17, 15) is 4.79 Å². The van der Waals surface area contributed by atoms with Crippen molar-refractivity contribution in [3.05, 3.63) is 35.5 Å². The number of likely N-dealkylation sites (tertiary alicyclic amines) is 2. The van der Waals surface area contributed by atoms with E-state index in [1.165, 1.54) is 37.3 Å². The summed E-state index contributed by atoms with van der Waals surface area (Å²) < 4.78 is 0. The number of hydrogen-bond acceptors (Lipinski definition) is 6. The third-order valence-corrected chi connectivity index (χ3v) is 6.98. The minimum atomic E-state index is 0.0548. The Morgan fingerprint density at radius 3 is 2.84 bits per heavy atom. The average molecular weight is 375 g/mol. The summed E-state index contributed by atoms with van der Waals surface area (Å²) in [5, 5.41) is 3.17. The van der Waals surface area contributed by atoms with E-state index in [0.717, 1.165) is 23.8 Å². The van der Waals surface area contributed by atoms with Gasteiger partial charge >= 0.3 is 0 Å². The summed E-state index contributed by atoms with van der Waals surface area (Å²) in [6.07, 6.45) is 6.47. The normalized spacial score (nSPS) is 24.1. The molecule has 2 aliphatic heterocycles. The summed E-state index contributed by atoms with van der Waals surface area (Å²) in [7, 11) is 0. The lowest BCUT2D eigenvalue weighted by Gasteiger charge is -2.26. The van der Waals surface area contributed by atoms with Crippen LogP contribution in [0.4, 0.5) is 0 Å².